The highest BCUT2D eigenvalue weighted by Gasteiger charge is 2.51. The van der Waals surface area contributed by atoms with Crippen molar-refractivity contribution < 1.29 is 24.5 Å². The van der Waals surface area contributed by atoms with E-state index >= 15 is 0 Å². The molecular formula is C25H22N4O5. The molecule has 1 aliphatic rings. The van der Waals surface area contributed by atoms with Crippen molar-refractivity contribution in [1.82, 2.24) is 9.97 Å². The Labute approximate surface area is 194 Å². The van der Waals surface area contributed by atoms with Crippen LogP contribution in [0.5, 0.6) is 5.75 Å². The highest BCUT2D eigenvalue weighted by Crippen LogP contribution is 2.46. The third-order valence-corrected chi connectivity index (χ3v) is 6.19. The lowest BCUT2D eigenvalue weighted by Crippen LogP contribution is -2.45. The van der Waals surface area contributed by atoms with Gasteiger partial charge in [-0.2, -0.15) is 0 Å². The highest BCUT2D eigenvalue weighted by atomic mass is 16.5. The van der Waals surface area contributed by atoms with Gasteiger partial charge in [-0.1, -0.05) is 30.3 Å². The number of anilines is 2. The van der Waals surface area contributed by atoms with Gasteiger partial charge in [0.1, 0.15) is 5.75 Å². The van der Waals surface area contributed by atoms with E-state index in [0.717, 1.165) is 10.5 Å². The van der Waals surface area contributed by atoms with E-state index in [2.05, 4.69) is 9.97 Å². The first-order valence-electron chi connectivity index (χ1n) is 10.5. The summed E-state index contributed by atoms with van der Waals surface area (Å²) < 4.78 is 5.37. The number of H-pyrrole nitrogens is 1. The lowest BCUT2D eigenvalue weighted by molar-refractivity contribution is 0.0703. The van der Waals surface area contributed by atoms with Crippen molar-refractivity contribution in [2.75, 3.05) is 24.0 Å². The Morgan fingerprint density at radius 1 is 1.15 bits per heavy atom. The molecule has 4 aromatic rings. The fraction of sp³-hybridized carbons (Fsp3) is 0.160. The van der Waals surface area contributed by atoms with Gasteiger partial charge in [0.05, 0.1) is 23.8 Å². The standard InChI is InChI=1S/C25H22N4O5/c1-14-8-10-16(34-3)13-21(14)29-22(30)17-6-4-5-7-18(17)25(29,33)15-9-11-19-20(12-15)27-23(26-19)28(2)24(31)32/h4-13,33H,1-3H3,(H,26,27)(H,31,32). The average molecular weight is 458 g/mol. The van der Waals surface area contributed by atoms with Gasteiger partial charge in [0.25, 0.3) is 5.91 Å². The molecule has 34 heavy (non-hydrogen) atoms. The van der Waals surface area contributed by atoms with Gasteiger partial charge in [-0.05, 0) is 36.8 Å². The van der Waals surface area contributed by atoms with Gasteiger partial charge < -0.3 is 19.9 Å². The number of methoxy groups -OCH3 is 1. The highest BCUT2D eigenvalue weighted by molar-refractivity contribution is 6.13. The maximum Gasteiger partial charge on any atom is 0.413 e. The largest absolute Gasteiger partial charge is 0.497 e. The number of aromatic amines is 1. The Morgan fingerprint density at radius 3 is 2.65 bits per heavy atom. The number of hydrogen-bond donors (Lipinski definition) is 3. The first-order valence-corrected chi connectivity index (χ1v) is 10.5. The van der Waals surface area contributed by atoms with Crippen LogP contribution in [0.4, 0.5) is 16.4 Å². The number of fused-ring (bicyclic) bond motifs is 2. The van der Waals surface area contributed by atoms with Gasteiger partial charge >= 0.3 is 6.09 Å². The second-order valence-corrected chi connectivity index (χ2v) is 8.14. The first-order chi connectivity index (χ1) is 16.3. The topological polar surface area (TPSA) is 119 Å². The van der Waals surface area contributed by atoms with Crippen LogP contribution in [0.15, 0.2) is 60.7 Å². The molecule has 5 rings (SSSR count). The van der Waals surface area contributed by atoms with Crippen molar-refractivity contribution >= 4 is 34.7 Å². The normalized spacial score (nSPS) is 17.2. The molecule has 1 atom stereocenters. The number of hydrogen-bond acceptors (Lipinski definition) is 5. The SMILES string of the molecule is COc1ccc(C)c(N2C(=O)c3ccccc3C2(O)c2ccc3[nH]c(N(C)C(=O)O)nc3c2)c1. The summed E-state index contributed by atoms with van der Waals surface area (Å²) in [6.45, 7) is 1.86. The fourth-order valence-electron chi connectivity index (χ4n) is 4.35. The van der Waals surface area contributed by atoms with E-state index < -0.39 is 11.8 Å². The summed E-state index contributed by atoms with van der Waals surface area (Å²) in [7, 11) is 2.92. The zero-order chi connectivity index (χ0) is 24.2. The van der Waals surface area contributed by atoms with Crippen molar-refractivity contribution in [3.05, 3.63) is 82.9 Å². The van der Waals surface area contributed by atoms with Crippen molar-refractivity contribution in [3.63, 3.8) is 0 Å². The number of rotatable bonds is 4. The summed E-state index contributed by atoms with van der Waals surface area (Å²) in [4.78, 5) is 34.6. The van der Waals surface area contributed by atoms with Crippen molar-refractivity contribution in [3.8, 4) is 5.75 Å². The van der Waals surface area contributed by atoms with E-state index in [1.165, 1.54) is 11.9 Å². The van der Waals surface area contributed by atoms with E-state index in [9.17, 15) is 19.8 Å². The molecule has 1 aliphatic heterocycles. The van der Waals surface area contributed by atoms with Crippen molar-refractivity contribution in [1.29, 1.82) is 0 Å². The lowest BCUT2D eigenvalue weighted by atomic mass is 9.93. The molecule has 0 saturated heterocycles. The molecule has 3 aromatic carbocycles. The van der Waals surface area contributed by atoms with Crippen molar-refractivity contribution in [2.45, 2.75) is 12.6 Å². The minimum absolute atomic E-state index is 0.148. The Balaban J connectivity index is 1.73. The van der Waals surface area contributed by atoms with Gasteiger partial charge in [-0.3, -0.25) is 14.6 Å². The molecule has 3 N–H and O–H groups in total. The molecule has 2 amide bonds. The van der Waals surface area contributed by atoms with Crippen LogP contribution in [-0.4, -0.2) is 46.3 Å². The number of imidazole rings is 1. The average Bonchev–Trinajstić information content (AvgIpc) is 3.36. The predicted molar refractivity (Wildman–Crippen MR) is 127 cm³/mol. The van der Waals surface area contributed by atoms with Gasteiger partial charge in [0, 0.05) is 29.8 Å². The van der Waals surface area contributed by atoms with Crippen LogP contribution in [0.2, 0.25) is 0 Å². The number of carbonyl (C=O) groups excluding carboxylic acids is 1. The summed E-state index contributed by atoms with van der Waals surface area (Å²) in [6.07, 6.45) is -1.16. The third-order valence-electron chi connectivity index (χ3n) is 6.19. The number of amides is 2. The monoisotopic (exact) mass is 458 g/mol. The molecule has 0 fully saturated rings. The third kappa shape index (κ3) is 3.01. The Bertz CT molecular complexity index is 1460. The number of carboxylic acid groups (broad SMARTS) is 1. The molecule has 9 nitrogen and oxygen atoms in total. The number of nitrogens with zero attached hydrogens (tertiary/aromatic N) is 3. The van der Waals surface area contributed by atoms with Gasteiger partial charge in [-0.15, -0.1) is 0 Å². The summed E-state index contributed by atoms with van der Waals surface area (Å²) in [6, 6.07) is 17.3. The predicted octanol–water partition coefficient (Wildman–Crippen LogP) is 3.85. The Kier molecular flexibility index (Phi) is 4.80. The van der Waals surface area contributed by atoms with Crippen LogP contribution in [-0.2, 0) is 5.72 Å². The number of nitrogens with one attached hydrogen (secondary N) is 1. The molecule has 2 heterocycles. The second-order valence-electron chi connectivity index (χ2n) is 8.14. The summed E-state index contributed by atoms with van der Waals surface area (Å²) >= 11 is 0. The summed E-state index contributed by atoms with van der Waals surface area (Å²) in [5.41, 5.74) is 1.77. The quantitative estimate of drug-likeness (QED) is 0.427. The van der Waals surface area contributed by atoms with Gasteiger partial charge in [0.15, 0.2) is 5.72 Å². The zero-order valence-electron chi connectivity index (χ0n) is 18.7. The van der Waals surface area contributed by atoms with Crippen LogP contribution in [0.3, 0.4) is 0 Å². The summed E-state index contributed by atoms with van der Waals surface area (Å²) in [5, 5.41) is 21.5. The van der Waals surface area contributed by atoms with Gasteiger partial charge in [-0.25, -0.2) is 9.78 Å². The number of aromatic nitrogens is 2. The maximum atomic E-state index is 13.6. The minimum atomic E-state index is -1.82. The molecule has 0 bridgehead atoms. The van der Waals surface area contributed by atoms with E-state index in [4.69, 9.17) is 4.74 Å². The zero-order valence-corrected chi connectivity index (χ0v) is 18.7. The molecule has 0 saturated carbocycles. The second kappa shape index (κ2) is 7.60. The molecule has 1 unspecified atom stereocenters. The Hall–Kier alpha value is -4.37. The first kappa shape index (κ1) is 21.5. The summed E-state index contributed by atoms with van der Waals surface area (Å²) in [5.74, 6) is 0.355. The molecule has 0 spiro atoms. The van der Waals surface area contributed by atoms with E-state index in [0.29, 0.717) is 39.2 Å². The van der Waals surface area contributed by atoms with E-state index in [1.807, 2.05) is 13.0 Å². The van der Waals surface area contributed by atoms with Gasteiger partial charge in [0.2, 0.25) is 5.95 Å². The number of aryl methyl sites for hydroxylation is 1. The van der Waals surface area contributed by atoms with Crippen molar-refractivity contribution in [2.24, 2.45) is 0 Å². The van der Waals surface area contributed by atoms with E-state index in [-0.39, 0.29) is 11.9 Å². The molecule has 1 aromatic heterocycles. The number of aliphatic hydroxyl groups is 1. The Morgan fingerprint density at radius 2 is 1.91 bits per heavy atom. The molecular weight excluding hydrogens is 436 g/mol. The van der Waals surface area contributed by atoms with Crippen LogP contribution in [0.1, 0.15) is 27.0 Å². The van der Waals surface area contributed by atoms with Crippen LogP contribution >= 0.6 is 0 Å². The lowest BCUT2D eigenvalue weighted by Gasteiger charge is -2.35. The number of benzene rings is 3. The van der Waals surface area contributed by atoms with Crippen LogP contribution in [0, 0.1) is 6.92 Å². The number of carbonyl (C=O) groups is 2. The minimum Gasteiger partial charge on any atom is -0.497 e. The van der Waals surface area contributed by atoms with Crippen LogP contribution in [0.25, 0.3) is 11.0 Å². The molecule has 0 radical (unpaired) electrons. The van der Waals surface area contributed by atoms with E-state index in [1.54, 1.807) is 61.7 Å². The van der Waals surface area contributed by atoms with Crippen LogP contribution < -0.4 is 14.5 Å². The molecule has 0 aliphatic carbocycles. The maximum absolute atomic E-state index is 13.6. The number of ether oxygens (including phenoxy) is 1. The molecule has 172 valence electrons. The molecule has 9 heteroatoms. The fourth-order valence-corrected chi connectivity index (χ4v) is 4.35. The smallest absolute Gasteiger partial charge is 0.413 e.